The summed E-state index contributed by atoms with van der Waals surface area (Å²) in [6.45, 7) is 24.6. The standard InChI is InChI=1S/C35H50N6O2Si2.2C23H22BrN9/c1-36-22-27-12-14-28(15-13-27)33-21-34(40(25-42-16-18-44(2,3)4)26-43-17-19-45(5,6)7)41-35(39-33)31(24-38-41)30-20-29-10-8-9-11-32(29)37-23-30;2*24-20-21(14-7-5-13(6-8-14)9-19-29-31-32-30-19)28-23-17(12-27-33(23)22(20)25)16-10-15-3-1-2-4-18(15)26-11-16/h8-11,20-21,23-24,27-28H,12-19,22,25-26H2,2-7H3;2*1-4,10-14H,5-9,25H2,(H,29,30,31,32). The van der Waals surface area contributed by atoms with Crippen LogP contribution in [-0.2, 0) is 22.3 Å². The molecule has 111 heavy (non-hydrogen) atoms. The molecule has 0 bridgehead atoms. The molecule has 0 spiro atoms. The number of ether oxygens (including phenoxy) is 2. The van der Waals surface area contributed by atoms with Gasteiger partial charge in [0, 0.05) is 146 Å². The van der Waals surface area contributed by atoms with E-state index < -0.39 is 16.1 Å². The van der Waals surface area contributed by atoms with Crippen LogP contribution < -0.4 is 16.4 Å². The van der Waals surface area contributed by atoms with Crippen molar-refractivity contribution in [2.24, 2.45) is 17.8 Å². The average Bonchev–Trinajstić information content (AvgIpc) is 1.65. The molecule has 11 heterocycles. The zero-order chi connectivity index (χ0) is 76.8. The number of fused-ring (bicyclic) bond motifs is 6. The molecule has 0 unspecified atom stereocenters. The molecule has 26 nitrogen and oxygen atoms in total. The second kappa shape index (κ2) is 34.0. The molecule has 14 aromatic rings. The Bertz CT molecular complexity index is 5330. The Balaban J connectivity index is 0.000000134. The number of nitrogens with one attached hydrogen (secondary N) is 2. The lowest BCUT2D eigenvalue weighted by Crippen LogP contribution is -2.33. The number of hydrogen-bond acceptors (Lipinski definition) is 20. The Kier molecular flexibility index (Phi) is 23.4. The Morgan fingerprint density at radius 3 is 1.28 bits per heavy atom. The molecule has 0 atom stereocenters. The number of para-hydroxylation sites is 3. The van der Waals surface area contributed by atoms with Crippen molar-refractivity contribution < 1.29 is 9.47 Å². The van der Waals surface area contributed by atoms with E-state index in [2.05, 4.69) is 185 Å². The Labute approximate surface area is 663 Å². The molecule has 3 aromatic carbocycles. The Morgan fingerprint density at radius 1 is 0.495 bits per heavy atom. The molecule has 6 N–H and O–H groups in total. The first-order valence-electron chi connectivity index (χ1n) is 38.6. The molecular weight excluding hydrogens is 1560 g/mol. The summed E-state index contributed by atoms with van der Waals surface area (Å²) in [4.78, 5) is 35.3. The molecule has 3 fully saturated rings. The maximum absolute atomic E-state index is 7.34. The van der Waals surface area contributed by atoms with Gasteiger partial charge in [-0.25, -0.2) is 21.5 Å². The van der Waals surface area contributed by atoms with Gasteiger partial charge in [-0.15, -0.1) is 20.4 Å². The number of nitrogen functional groups attached to an aromatic ring is 2. The van der Waals surface area contributed by atoms with Crippen molar-refractivity contribution >= 4 is 115 Å². The van der Waals surface area contributed by atoms with Crippen LogP contribution in [0.25, 0.3) is 87.9 Å². The molecule has 11 aromatic heterocycles. The maximum atomic E-state index is 7.34. The first kappa shape index (κ1) is 76.5. The number of nitrogens with two attached hydrogens (primary N) is 2. The Morgan fingerprint density at radius 2 is 0.883 bits per heavy atom. The molecule has 3 saturated carbocycles. The van der Waals surface area contributed by atoms with Crippen LogP contribution in [0.1, 0.15) is 124 Å². The van der Waals surface area contributed by atoms with Crippen LogP contribution in [0, 0.1) is 24.3 Å². The van der Waals surface area contributed by atoms with E-state index in [1.54, 1.807) is 9.03 Å². The third kappa shape index (κ3) is 17.9. The van der Waals surface area contributed by atoms with Crippen molar-refractivity contribution in [1.29, 1.82) is 0 Å². The SMILES string of the molecule is Nc1c(Br)c(C2CCC(Cc3nn[nH]n3)CC2)nc2c(-c3cnc4ccccc4c3)cnn12.Nc1c(Br)c(C2CCC(Cc3nn[nH]n3)CC2)nc2c(-c3cnc4ccccc4c3)cnn12.[C-]#[N+]CC1CCC(c2cc(N(COCC[Si](C)(C)C)COCC[Si](C)(C)C)n3ncc(-c4cnc5ccccc5c4)c3n2)CC1. The number of halogens is 2. The van der Waals surface area contributed by atoms with Gasteiger partial charge in [0.1, 0.15) is 30.9 Å². The number of aromatic nitrogens is 20. The highest BCUT2D eigenvalue weighted by atomic mass is 79.9. The topological polar surface area (TPSA) is 316 Å². The molecular formula is C81H94Br2N24O2Si2. The van der Waals surface area contributed by atoms with Crippen LogP contribution in [0.3, 0.4) is 0 Å². The predicted octanol–water partition coefficient (Wildman–Crippen LogP) is 17.2. The van der Waals surface area contributed by atoms with Crippen molar-refractivity contribution in [2.75, 3.05) is 49.6 Å². The van der Waals surface area contributed by atoms with E-state index in [1.807, 2.05) is 96.3 Å². The number of benzene rings is 3. The minimum absolute atomic E-state index is 0.339. The summed E-state index contributed by atoms with van der Waals surface area (Å²) in [5.41, 5.74) is 27.1. The van der Waals surface area contributed by atoms with Crippen molar-refractivity contribution in [3.05, 3.63) is 183 Å². The first-order chi connectivity index (χ1) is 53.8. The maximum Gasteiger partial charge on any atom is 0.217 e. The zero-order valence-electron chi connectivity index (χ0n) is 63.7. The highest BCUT2D eigenvalue weighted by Gasteiger charge is 2.33. The summed E-state index contributed by atoms with van der Waals surface area (Å²) in [5.74, 6) is 6.31. The van der Waals surface area contributed by atoms with Gasteiger partial charge >= 0.3 is 0 Å². The lowest BCUT2D eigenvalue weighted by Gasteiger charge is -2.29. The van der Waals surface area contributed by atoms with Crippen LogP contribution in [0.15, 0.2) is 143 Å². The van der Waals surface area contributed by atoms with Crippen molar-refractivity contribution in [2.45, 2.75) is 159 Å². The largest absolute Gasteiger partial charge is 0.383 e. The molecule has 17 rings (SSSR count). The third-order valence-electron chi connectivity index (χ3n) is 22.1. The lowest BCUT2D eigenvalue weighted by atomic mass is 9.79. The van der Waals surface area contributed by atoms with Gasteiger partial charge in [0.05, 0.1) is 55.5 Å². The third-order valence-corrected chi connectivity index (χ3v) is 27.1. The number of aromatic amines is 2. The minimum atomic E-state index is -1.22. The molecule has 0 radical (unpaired) electrons. The van der Waals surface area contributed by atoms with E-state index in [1.165, 1.54) is 0 Å². The van der Waals surface area contributed by atoms with Gasteiger partial charge in [-0.2, -0.15) is 39.3 Å². The van der Waals surface area contributed by atoms with Crippen LogP contribution in [0.4, 0.5) is 17.5 Å². The van der Waals surface area contributed by atoms with Crippen LogP contribution in [0.5, 0.6) is 0 Å². The highest BCUT2D eigenvalue weighted by molar-refractivity contribution is 9.11. The van der Waals surface area contributed by atoms with Gasteiger partial charge in [0.2, 0.25) is 6.54 Å². The van der Waals surface area contributed by atoms with Gasteiger partial charge < -0.3 is 30.7 Å². The van der Waals surface area contributed by atoms with E-state index in [-0.39, 0.29) is 0 Å². The molecule has 0 amide bonds. The smallest absolute Gasteiger partial charge is 0.217 e. The number of hydrogen-bond donors (Lipinski definition) is 4. The van der Waals surface area contributed by atoms with Crippen LogP contribution in [0.2, 0.25) is 51.4 Å². The summed E-state index contributed by atoms with van der Waals surface area (Å²) < 4.78 is 19.7. The van der Waals surface area contributed by atoms with E-state index in [4.69, 9.17) is 52.5 Å². The highest BCUT2D eigenvalue weighted by Crippen LogP contribution is 2.45. The second-order valence-electron chi connectivity index (χ2n) is 32.4. The molecule has 30 heteroatoms. The first-order valence-corrected chi connectivity index (χ1v) is 47.6. The molecule has 0 saturated heterocycles. The fourth-order valence-corrected chi connectivity index (χ4v) is 18.3. The number of anilines is 3. The number of pyridine rings is 3. The quantitative estimate of drug-likeness (QED) is 0.0212. The molecule has 3 aliphatic rings. The summed E-state index contributed by atoms with van der Waals surface area (Å²) in [7, 11) is -2.45. The average molecular weight is 1650 g/mol. The van der Waals surface area contributed by atoms with E-state index >= 15 is 0 Å². The fourth-order valence-electron chi connectivity index (χ4n) is 15.6. The summed E-state index contributed by atoms with van der Waals surface area (Å²) in [5, 5.41) is 46.0. The van der Waals surface area contributed by atoms with Crippen LogP contribution in [-0.4, -0.2) is 149 Å². The van der Waals surface area contributed by atoms with Gasteiger partial charge in [0.15, 0.2) is 28.6 Å². The summed E-state index contributed by atoms with van der Waals surface area (Å²) in [6, 6.07) is 35.2. The summed E-state index contributed by atoms with van der Waals surface area (Å²) in [6.07, 6.45) is 25.8. The fraction of sp³-hybridized carbons (Fsp3) is 0.407. The monoisotopic (exact) mass is 1650 g/mol. The van der Waals surface area contributed by atoms with E-state index in [9.17, 15) is 0 Å². The van der Waals surface area contributed by atoms with Gasteiger partial charge in [-0.05, 0) is 169 Å². The predicted molar refractivity (Wildman–Crippen MR) is 447 cm³/mol. The van der Waals surface area contributed by atoms with E-state index in [0.29, 0.717) is 67.1 Å². The van der Waals surface area contributed by atoms with Crippen molar-refractivity contribution in [3.8, 4) is 33.4 Å². The van der Waals surface area contributed by atoms with Crippen molar-refractivity contribution in [1.82, 2.24) is 100.0 Å². The van der Waals surface area contributed by atoms with Gasteiger partial charge in [0.25, 0.3) is 0 Å². The second-order valence-corrected chi connectivity index (χ2v) is 45.2. The van der Waals surface area contributed by atoms with Gasteiger partial charge in [-0.1, -0.05) is 104 Å². The van der Waals surface area contributed by atoms with Gasteiger partial charge in [-0.3, -0.25) is 15.0 Å². The minimum Gasteiger partial charge on any atom is -0.383 e. The number of H-pyrrole nitrogens is 2. The zero-order valence-corrected chi connectivity index (χ0v) is 68.9. The lowest BCUT2D eigenvalue weighted by molar-refractivity contribution is 0.0942. The van der Waals surface area contributed by atoms with Crippen LogP contribution >= 0.6 is 31.9 Å². The Hall–Kier alpha value is -9.91. The number of tetrazole rings is 2. The molecule has 3 aliphatic carbocycles. The van der Waals surface area contributed by atoms with Crippen molar-refractivity contribution in [3.63, 3.8) is 0 Å². The normalized spacial score (nSPS) is 18.3. The summed E-state index contributed by atoms with van der Waals surface area (Å²) >= 11 is 7.41. The molecule has 572 valence electrons. The number of rotatable bonds is 22. The molecule has 0 aliphatic heterocycles. The van der Waals surface area contributed by atoms with E-state index in [0.717, 1.165) is 242 Å². The number of nitrogens with zero attached hydrogens (tertiary/aromatic N) is 20.